The quantitative estimate of drug-likeness (QED) is 0.799. The molecule has 5 heteroatoms. The van der Waals surface area contributed by atoms with Gasteiger partial charge >= 0.3 is 0 Å². The van der Waals surface area contributed by atoms with E-state index in [0.717, 1.165) is 17.2 Å². The standard InChI is InChI=1S/C16H22N4O/c1-11-7-12(2)9-14(8-11)19-15-10-13(3)18-16(20-15)17-5-6-21-4/h7-10H,5-6H2,1-4H3,(H2,17,18,19,20). The number of aromatic nitrogens is 2. The summed E-state index contributed by atoms with van der Waals surface area (Å²) in [6.07, 6.45) is 0. The van der Waals surface area contributed by atoms with Crippen LogP contribution in [0.2, 0.25) is 0 Å². The van der Waals surface area contributed by atoms with E-state index in [-0.39, 0.29) is 0 Å². The fraction of sp³-hybridized carbons (Fsp3) is 0.375. The topological polar surface area (TPSA) is 59.1 Å². The van der Waals surface area contributed by atoms with Gasteiger partial charge in [-0.05, 0) is 44.0 Å². The van der Waals surface area contributed by atoms with Crippen LogP contribution in [0.5, 0.6) is 0 Å². The second kappa shape index (κ2) is 7.04. The highest BCUT2D eigenvalue weighted by atomic mass is 16.5. The zero-order valence-electron chi connectivity index (χ0n) is 13.0. The molecule has 0 aliphatic rings. The summed E-state index contributed by atoms with van der Waals surface area (Å²) in [7, 11) is 1.67. The SMILES string of the molecule is COCCNc1nc(C)cc(Nc2cc(C)cc(C)c2)n1. The minimum atomic E-state index is 0.610. The molecule has 1 heterocycles. The molecule has 0 atom stereocenters. The Labute approximate surface area is 125 Å². The molecule has 1 aromatic carbocycles. The molecule has 0 bridgehead atoms. The summed E-state index contributed by atoms with van der Waals surface area (Å²) in [4.78, 5) is 8.84. The van der Waals surface area contributed by atoms with E-state index in [1.165, 1.54) is 11.1 Å². The van der Waals surface area contributed by atoms with Crippen LogP contribution in [-0.4, -0.2) is 30.2 Å². The molecule has 2 N–H and O–H groups in total. The number of ether oxygens (including phenoxy) is 1. The highest BCUT2D eigenvalue weighted by Gasteiger charge is 2.03. The number of methoxy groups -OCH3 is 1. The van der Waals surface area contributed by atoms with Crippen LogP contribution >= 0.6 is 0 Å². The van der Waals surface area contributed by atoms with Crippen LogP contribution in [0.3, 0.4) is 0 Å². The number of rotatable bonds is 6. The molecule has 5 nitrogen and oxygen atoms in total. The van der Waals surface area contributed by atoms with Crippen LogP contribution in [0, 0.1) is 20.8 Å². The first-order valence-corrected chi connectivity index (χ1v) is 7.00. The van der Waals surface area contributed by atoms with Gasteiger partial charge in [0.1, 0.15) is 5.82 Å². The summed E-state index contributed by atoms with van der Waals surface area (Å²) < 4.78 is 5.01. The lowest BCUT2D eigenvalue weighted by Gasteiger charge is -2.11. The van der Waals surface area contributed by atoms with Gasteiger partial charge in [0, 0.05) is 31.1 Å². The molecule has 0 radical (unpaired) electrons. The van der Waals surface area contributed by atoms with Gasteiger partial charge in [-0.25, -0.2) is 4.98 Å². The van der Waals surface area contributed by atoms with Crippen LogP contribution in [0.4, 0.5) is 17.5 Å². The van der Waals surface area contributed by atoms with Crippen molar-refractivity contribution in [2.75, 3.05) is 30.9 Å². The van der Waals surface area contributed by atoms with Gasteiger partial charge in [0.05, 0.1) is 6.61 Å². The summed E-state index contributed by atoms with van der Waals surface area (Å²) in [5.74, 6) is 1.39. The largest absolute Gasteiger partial charge is 0.383 e. The van der Waals surface area contributed by atoms with E-state index >= 15 is 0 Å². The summed E-state index contributed by atoms with van der Waals surface area (Å²) in [5.41, 5.74) is 4.40. The lowest BCUT2D eigenvalue weighted by Crippen LogP contribution is -2.11. The molecule has 0 amide bonds. The predicted octanol–water partition coefficient (Wildman–Crippen LogP) is 3.20. The third-order valence-electron chi connectivity index (χ3n) is 2.94. The van der Waals surface area contributed by atoms with Crippen molar-refractivity contribution in [2.24, 2.45) is 0 Å². The number of aryl methyl sites for hydroxylation is 3. The Morgan fingerprint density at radius 2 is 1.71 bits per heavy atom. The van der Waals surface area contributed by atoms with E-state index in [9.17, 15) is 0 Å². The number of benzene rings is 1. The molecule has 0 saturated heterocycles. The lowest BCUT2D eigenvalue weighted by atomic mass is 10.1. The molecule has 21 heavy (non-hydrogen) atoms. The van der Waals surface area contributed by atoms with Gasteiger partial charge in [-0.3, -0.25) is 0 Å². The summed E-state index contributed by atoms with van der Waals surface area (Å²) in [6, 6.07) is 8.28. The monoisotopic (exact) mass is 286 g/mol. The first-order chi connectivity index (χ1) is 10.1. The first-order valence-electron chi connectivity index (χ1n) is 7.00. The van der Waals surface area contributed by atoms with Crippen molar-refractivity contribution in [3.05, 3.63) is 41.1 Å². The normalized spacial score (nSPS) is 10.5. The molecule has 1 aromatic heterocycles. The highest BCUT2D eigenvalue weighted by molar-refractivity contribution is 5.59. The van der Waals surface area contributed by atoms with E-state index in [2.05, 4.69) is 52.6 Å². The molecule has 2 aromatic rings. The van der Waals surface area contributed by atoms with Crippen molar-refractivity contribution >= 4 is 17.5 Å². The first kappa shape index (κ1) is 15.3. The lowest BCUT2D eigenvalue weighted by molar-refractivity contribution is 0.210. The summed E-state index contributed by atoms with van der Waals surface area (Å²) >= 11 is 0. The zero-order chi connectivity index (χ0) is 15.2. The molecular formula is C16H22N4O. The maximum Gasteiger partial charge on any atom is 0.224 e. The van der Waals surface area contributed by atoms with Gasteiger partial charge in [-0.2, -0.15) is 4.98 Å². The van der Waals surface area contributed by atoms with Crippen molar-refractivity contribution in [1.29, 1.82) is 0 Å². The Morgan fingerprint density at radius 3 is 2.38 bits per heavy atom. The summed E-state index contributed by atoms with van der Waals surface area (Å²) in [6.45, 7) is 7.43. The Balaban J connectivity index is 2.15. The minimum absolute atomic E-state index is 0.610. The average molecular weight is 286 g/mol. The molecule has 0 aliphatic heterocycles. The van der Waals surface area contributed by atoms with Crippen molar-refractivity contribution in [3.63, 3.8) is 0 Å². The Bertz CT molecular complexity index is 593. The third kappa shape index (κ3) is 4.72. The summed E-state index contributed by atoms with van der Waals surface area (Å²) in [5, 5.41) is 6.48. The minimum Gasteiger partial charge on any atom is -0.383 e. The Kier molecular flexibility index (Phi) is 5.11. The van der Waals surface area contributed by atoms with Crippen molar-refractivity contribution in [1.82, 2.24) is 9.97 Å². The molecule has 0 fully saturated rings. The maximum atomic E-state index is 5.01. The van der Waals surface area contributed by atoms with Gasteiger partial charge in [-0.1, -0.05) is 6.07 Å². The van der Waals surface area contributed by atoms with E-state index in [0.29, 0.717) is 19.1 Å². The number of anilines is 3. The Morgan fingerprint density at radius 1 is 1.00 bits per heavy atom. The maximum absolute atomic E-state index is 5.01. The van der Waals surface area contributed by atoms with Crippen molar-refractivity contribution in [3.8, 4) is 0 Å². The van der Waals surface area contributed by atoms with Gasteiger partial charge < -0.3 is 15.4 Å². The van der Waals surface area contributed by atoms with Crippen molar-refractivity contribution in [2.45, 2.75) is 20.8 Å². The molecule has 0 unspecified atom stereocenters. The van der Waals surface area contributed by atoms with Gasteiger partial charge in [0.25, 0.3) is 0 Å². The van der Waals surface area contributed by atoms with Gasteiger partial charge in [-0.15, -0.1) is 0 Å². The van der Waals surface area contributed by atoms with Crippen LogP contribution in [0.25, 0.3) is 0 Å². The predicted molar refractivity (Wildman–Crippen MR) is 86.3 cm³/mol. The number of hydrogen-bond donors (Lipinski definition) is 2. The molecule has 2 rings (SSSR count). The molecule has 0 spiro atoms. The average Bonchev–Trinajstić information content (AvgIpc) is 2.37. The number of nitrogens with zero attached hydrogens (tertiary/aromatic N) is 2. The van der Waals surface area contributed by atoms with Crippen LogP contribution in [0.1, 0.15) is 16.8 Å². The van der Waals surface area contributed by atoms with Crippen molar-refractivity contribution < 1.29 is 4.74 Å². The van der Waals surface area contributed by atoms with Gasteiger partial charge in [0.15, 0.2) is 0 Å². The fourth-order valence-electron chi connectivity index (χ4n) is 2.17. The molecular weight excluding hydrogens is 264 g/mol. The second-order valence-corrected chi connectivity index (χ2v) is 5.14. The van der Waals surface area contributed by atoms with Crippen LogP contribution in [0.15, 0.2) is 24.3 Å². The van der Waals surface area contributed by atoms with Gasteiger partial charge in [0.2, 0.25) is 5.95 Å². The number of nitrogens with one attached hydrogen (secondary N) is 2. The zero-order valence-corrected chi connectivity index (χ0v) is 13.0. The molecule has 112 valence electrons. The fourth-order valence-corrected chi connectivity index (χ4v) is 2.17. The second-order valence-electron chi connectivity index (χ2n) is 5.14. The third-order valence-corrected chi connectivity index (χ3v) is 2.94. The number of hydrogen-bond acceptors (Lipinski definition) is 5. The Hall–Kier alpha value is -2.14. The molecule has 0 aliphatic carbocycles. The van der Waals surface area contributed by atoms with E-state index in [4.69, 9.17) is 4.74 Å². The van der Waals surface area contributed by atoms with Crippen LogP contribution < -0.4 is 10.6 Å². The molecule has 0 saturated carbocycles. The van der Waals surface area contributed by atoms with E-state index < -0.39 is 0 Å². The highest BCUT2D eigenvalue weighted by Crippen LogP contribution is 2.19. The smallest absolute Gasteiger partial charge is 0.224 e. The van der Waals surface area contributed by atoms with E-state index in [1.807, 2.05) is 13.0 Å². The van der Waals surface area contributed by atoms with Crippen LogP contribution in [-0.2, 0) is 4.74 Å². The van der Waals surface area contributed by atoms with E-state index in [1.54, 1.807) is 7.11 Å².